The molecule has 0 N–H and O–H groups in total. The van der Waals surface area contributed by atoms with Gasteiger partial charge in [-0.1, -0.05) is 0 Å². The topological polar surface area (TPSA) is 65.4 Å². The summed E-state index contributed by atoms with van der Waals surface area (Å²) in [6, 6.07) is 1.18. The highest BCUT2D eigenvalue weighted by Crippen LogP contribution is 2.22. The van der Waals surface area contributed by atoms with Gasteiger partial charge in [-0.2, -0.15) is 0 Å². The zero-order valence-corrected chi connectivity index (χ0v) is 9.09. The first kappa shape index (κ1) is 11.1. The smallest absolute Gasteiger partial charge is 0.309 e. The van der Waals surface area contributed by atoms with Crippen LogP contribution in [0.1, 0.15) is 6.92 Å². The van der Waals surface area contributed by atoms with E-state index in [0.717, 1.165) is 0 Å². The van der Waals surface area contributed by atoms with Crippen LogP contribution in [-0.4, -0.2) is 19.0 Å². The number of aryl methyl sites for hydroxylation is 1. The van der Waals surface area contributed by atoms with E-state index in [4.69, 9.17) is 15.4 Å². The molecule has 1 rings (SSSR count). The van der Waals surface area contributed by atoms with Crippen LogP contribution >= 0.6 is 10.7 Å². The molecule has 0 atom stereocenters. The molecule has 0 fully saturated rings. The van der Waals surface area contributed by atoms with Gasteiger partial charge in [0.2, 0.25) is 5.88 Å². The Morgan fingerprint density at radius 1 is 1.57 bits per heavy atom. The Balaban J connectivity index is 3.12. The number of rotatable bonds is 2. The molecule has 7 heteroatoms. The number of halogens is 1. The number of carbonyl (C=O) groups excluding carboxylic acids is 1. The van der Waals surface area contributed by atoms with E-state index < -0.39 is 15.0 Å². The summed E-state index contributed by atoms with van der Waals surface area (Å²) in [6.45, 7) is 1.22. The second kappa shape index (κ2) is 3.62. The van der Waals surface area contributed by atoms with E-state index in [1.807, 2.05) is 0 Å². The molecule has 1 heterocycles. The Hall–Kier alpha value is -1.01. The maximum Gasteiger partial charge on any atom is 0.309 e. The maximum atomic E-state index is 10.9. The van der Waals surface area contributed by atoms with E-state index in [1.54, 1.807) is 7.05 Å². The van der Waals surface area contributed by atoms with Crippen LogP contribution in [0, 0.1) is 0 Å². The van der Waals surface area contributed by atoms with Crippen molar-refractivity contribution >= 4 is 25.7 Å². The Morgan fingerprint density at radius 3 is 2.50 bits per heavy atom. The number of aromatic nitrogens is 1. The van der Waals surface area contributed by atoms with Crippen molar-refractivity contribution in [1.82, 2.24) is 4.57 Å². The van der Waals surface area contributed by atoms with Gasteiger partial charge in [-0.05, 0) is 0 Å². The van der Waals surface area contributed by atoms with E-state index in [9.17, 15) is 13.2 Å². The molecule has 78 valence electrons. The van der Waals surface area contributed by atoms with E-state index in [2.05, 4.69) is 0 Å². The summed E-state index contributed by atoms with van der Waals surface area (Å²) >= 11 is 0. The van der Waals surface area contributed by atoms with Gasteiger partial charge in [0, 0.05) is 36.9 Å². The molecule has 0 radical (unpaired) electrons. The fraction of sp³-hybridized carbons (Fsp3) is 0.286. The molecule has 0 bridgehead atoms. The van der Waals surface area contributed by atoms with Crippen molar-refractivity contribution in [3.8, 4) is 5.88 Å². The molecule has 1 aromatic rings. The Bertz CT molecular complexity index is 462. The molecule has 0 spiro atoms. The molecule has 0 aliphatic carbocycles. The van der Waals surface area contributed by atoms with Gasteiger partial charge in [0.15, 0.2) is 0 Å². The van der Waals surface area contributed by atoms with Crippen LogP contribution in [0.3, 0.4) is 0 Å². The van der Waals surface area contributed by atoms with Crippen molar-refractivity contribution in [3.63, 3.8) is 0 Å². The van der Waals surface area contributed by atoms with Crippen LogP contribution < -0.4 is 4.74 Å². The van der Waals surface area contributed by atoms with Crippen LogP contribution in [-0.2, 0) is 20.9 Å². The highest BCUT2D eigenvalue weighted by Gasteiger charge is 2.15. The van der Waals surface area contributed by atoms with Gasteiger partial charge in [0.1, 0.15) is 4.90 Å². The van der Waals surface area contributed by atoms with Gasteiger partial charge in [-0.25, -0.2) is 8.42 Å². The lowest BCUT2D eigenvalue weighted by Gasteiger charge is -1.99. The molecule has 0 unspecified atom stereocenters. The minimum atomic E-state index is -3.78. The Labute approximate surface area is 85.7 Å². The van der Waals surface area contributed by atoms with Gasteiger partial charge in [-0.15, -0.1) is 0 Å². The first-order valence-corrected chi connectivity index (χ1v) is 5.91. The molecule has 1 aromatic heterocycles. The normalized spacial score (nSPS) is 11.4. The molecule has 0 aliphatic rings. The lowest BCUT2D eigenvalue weighted by molar-refractivity contribution is -0.132. The van der Waals surface area contributed by atoms with Crippen LogP contribution in [0.4, 0.5) is 0 Å². The average Bonchev–Trinajstić information content (AvgIpc) is 2.30. The number of hydrogen-bond donors (Lipinski definition) is 0. The minimum Gasteiger partial charge on any atom is -0.409 e. The summed E-state index contributed by atoms with van der Waals surface area (Å²) in [7, 11) is 2.86. The predicted molar refractivity (Wildman–Crippen MR) is 49.8 cm³/mol. The quantitative estimate of drug-likeness (QED) is 0.566. The summed E-state index contributed by atoms with van der Waals surface area (Å²) < 4.78 is 27.9. The summed E-state index contributed by atoms with van der Waals surface area (Å²) in [5.74, 6) is -0.388. The van der Waals surface area contributed by atoms with Crippen LogP contribution in [0.2, 0.25) is 0 Å². The molecular weight excluding hydrogens is 230 g/mol. The zero-order valence-electron chi connectivity index (χ0n) is 7.52. The molecule has 0 saturated carbocycles. The lowest BCUT2D eigenvalue weighted by Crippen LogP contribution is -2.04. The summed E-state index contributed by atoms with van der Waals surface area (Å²) in [5.41, 5.74) is 0. The molecule has 0 saturated heterocycles. The molecule has 5 nitrogen and oxygen atoms in total. The zero-order chi connectivity index (χ0) is 10.9. The largest absolute Gasteiger partial charge is 0.409 e. The summed E-state index contributed by atoms with van der Waals surface area (Å²) in [5, 5.41) is 0. The van der Waals surface area contributed by atoms with E-state index in [-0.39, 0.29) is 10.8 Å². The molecular formula is C7H8ClNO4S. The van der Waals surface area contributed by atoms with Crippen molar-refractivity contribution < 1.29 is 17.9 Å². The van der Waals surface area contributed by atoms with Gasteiger partial charge in [-0.3, -0.25) is 4.79 Å². The number of nitrogens with zero attached hydrogens (tertiary/aromatic N) is 1. The van der Waals surface area contributed by atoms with E-state index in [1.165, 1.54) is 23.8 Å². The van der Waals surface area contributed by atoms with Gasteiger partial charge >= 0.3 is 5.97 Å². The third-order valence-corrected chi connectivity index (χ3v) is 2.78. The maximum absolute atomic E-state index is 10.9. The first-order chi connectivity index (χ1) is 6.30. The van der Waals surface area contributed by atoms with Gasteiger partial charge in [0.05, 0.1) is 0 Å². The van der Waals surface area contributed by atoms with Crippen molar-refractivity contribution in [1.29, 1.82) is 0 Å². The van der Waals surface area contributed by atoms with E-state index in [0.29, 0.717) is 0 Å². The monoisotopic (exact) mass is 237 g/mol. The number of esters is 1. The van der Waals surface area contributed by atoms with Gasteiger partial charge in [0.25, 0.3) is 9.05 Å². The highest BCUT2D eigenvalue weighted by molar-refractivity contribution is 8.13. The summed E-state index contributed by atoms with van der Waals surface area (Å²) in [4.78, 5) is 10.5. The molecule has 14 heavy (non-hydrogen) atoms. The van der Waals surface area contributed by atoms with Crippen molar-refractivity contribution in [3.05, 3.63) is 12.3 Å². The van der Waals surface area contributed by atoms with Crippen LogP contribution in [0.5, 0.6) is 5.88 Å². The third kappa shape index (κ3) is 2.49. The Kier molecular flexibility index (Phi) is 2.86. The molecule has 0 aliphatic heterocycles. The van der Waals surface area contributed by atoms with Crippen LogP contribution in [0.25, 0.3) is 0 Å². The molecule has 0 amide bonds. The highest BCUT2D eigenvalue weighted by atomic mass is 35.7. The number of hydrogen-bond acceptors (Lipinski definition) is 4. The number of ether oxygens (including phenoxy) is 1. The van der Waals surface area contributed by atoms with Crippen molar-refractivity contribution in [2.45, 2.75) is 11.8 Å². The second-order valence-electron chi connectivity index (χ2n) is 2.66. The number of carbonyl (C=O) groups is 1. The van der Waals surface area contributed by atoms with Gasteiger partial charge < -0.3 is 9.30 Å². The fourth-order valence-electron chi connectivity index (χ4n) is 0.897. The summed E-state index contributed by atoms with van der Waals surface area (Å²) in [6.07, 6.45) is 1.26. The fourth-order valence-corrected chi connectivity index (χ4v) is 1.68. The van der Waals surface area contributed by atoms with E-state index >= 15 is 0 Å². The van der Waals surface area contributed by atoms with Crippen LogP contribution in [0.15, 0.2) is 17.2 Å². The minimum absolute atomic E-state index is 0.0992. The molecule has 0 aromatic carbocycles. The standard InChI is InChI=1S/C7H8ClNO4S/c1-5(10)13-7-3-6(4-9(7)2)14(8,11)12/h3-4H,1-2H3. The first-order valence-electron chi connectivity index (χ1n) is 3.60. The third-order valence-electron chi connectivity index (χ3n) is 1.46. The predicted octanol–water partition coefficient (Wildman–Crippen LogP) is 0.878. The SMILES string of the molecule is CC(=O)Oc1cc(S(=O)(=O)Cl)cn1C. The van der Waals surface area contributed by atoms with Crippen molar-refractivity contribution in [2.75, 3.05) is 0 Å². The van der Waals surface area contributed by atoms with Crippen molar-refractivity contribution in [2.24, 2.45) is 7.05 Å². The lowest BCUT2D eigenvalue weighted by atomic mass is 10.6. The average molecular weight is 238 g/mol. The Morgan fingerprint density at radius 2 is 2.14 bits per heavy atom. The second-order valence-corrected chi connectivity index (χ2v) is 5.22.